The summed E-state index contributed by atoms with van der Waals surface area (Å²) in [5.41, 5.74) is 0.776. The average molecular weight is 420 g/mol. The van der Waals surface area contributed by atoms with Crippen molar-refractivity contribution in [3.63, 3.8) is 0 Å². The van der Waals surface area contributed by atoms with Crippen LogP contribution in [0.5, 0.6) is 0 Å². The van der Waals surface area contributed by atoms with Crippen LogP contribution in [0.25, 0.3) is 0 Å². The lowest BCUT2D eigenvalue weighted by molar-refractivity contribution is 0.0488. The van der Waals surface area contributed by atoms with E-state index >= 15 is 0 Å². The van der Waals surface area contributed by atoms with Gasteiger partial charge in [0.1, 0.15) is 11.9 Å². The predicted molar refractivity (Wildman–Crippen MR) is 117 cm³/mol. The molecule has 164 valence electrons. The molecule has 0 saturated carbocycles. The van der Waals surface area contributed by atoms with Gasteiger partial charge in [0.25, 0.3) is 0 Å². The third-order valence-corrected chi connectivity index (χ3v) is 5.31. The monoisotopic (exact) mass is 419 g/mol. The molecule has 0 unspecified atom stereocenters. The SMILES string of the molecule is C=C(O[C@@H](CC)C(CCC)CCC)N(Cc1ccc(F)cc1)c1cccc(F)c1F. The van der Waals surface area contributed by atoms with Crippen LogP contribution in [-0.2, 0) is 11.3 Å². The van der Waals surface area contributed by atoms with E-state index in [0.29, 0.717) is 5.92 Å². The van der Waals surface area contributed by atoms with Crippen molar-refractivity contribution >= 4 is 5.69 Å². The lowest BCUT2D eigenvalue weighted by Gasteiger charge is -2.33. The summed E-state index contributed by atoms with van der Waals surface area (Å²) in [6.45, 7) is 10.6. The molecule has 30 heavy (non-hydrogen) atoms. The second-order valence-corrected chi connectivity index (χ2v) is 7.58. The van der Waals surface area contributed by atoms with Crippen LogP contribution >= 0.6 is 0 Å². The van der Waals surface area contributed by atoms with Gasteiger partial charge in [-0.15, -0.1) is 0 Å². The maximum Gasteiger partial charge on any atom is 0.187 e. The van der Waals surface area contributed by atoms with E-state index < -0.39 is 11.6 Å². The van der Waals surface area contributed by atoms with Gasteiger partial charge in [-0.1, -0.05) is 51.8 Å². The summed E-state index contributed by atoms with van der Waals surface area (Å²) >= 11 is 0. The van der Waals surface area contributed by atoms with E-state index in [1.807, 2.05) is 0 Å². The van der Waals surface area contributed by atoms with E-state index in [9.17, 15) is 13.2 Å². The number of benzene rings is 2. The Morgan fingerprint density at radius 3 is 2.17 bits per heavy atom. The van der Waals surface area contributed by atoms with Gasteiger partial charge in [-0.2, -0.15) is 0 Å². The van der Waals surface area contributed by atoms with E-state index in [0.717, 1.165) is 43.7 Å². The molecule has 0 aliphatic heterocycles. The quantitative estimate of drug-likeness (QED) is 0.329. The molecule has 2 aromatic carbocycles. The van der Waals surface area contributed by atoms with Gasteiger partial charge in [0.15, 0.2) is 17.5 Å². The molecule has 0 radical (unpaired) electrons. The van der Waals surface area contributed by atoms with Gasteiger partial charge >= 0.3 is 0 Å². The number of hydrogen-bond acceptors (Lipinski definition) is 2. The van der Waals surface area contributed by atoms with Gasteiger partial charge in [-0.05, 0) is 61.6 Å². The Kier molecular flexibility index (Phi) is 9.28. The molecular formula is C25H32F3NO. The highest BCUT2D eigenvalue weighted by atomic mass is 19.2. The highest BCUT2D eigenvalue weighted by Gasteiger charge is 2.25. The van der Waals surface area contributed by atoms with Crippen LogP contribution in [0.4, 0.5) is 18.9 Å². The van der Waals surface area contributed by atoms with Crippen molar-refractivity contribution in [3.8, 4) is 0 Å². The highest BCUT2D eigenvalue weighted by molar-refractivity contribution is 5.52. The Balaban J connectivity index is 2.33. The van der Waals surface area contributed by atoms with Crippen molar-refractivity contribution in [2.75, 3.05) is 4.90 Å². The fraction of sp³-hybridized carbons (Fsp3) is 0.440. The van der Waals surface area contributed by atoms with E-state index in [1.165, 1.54) is 29.2 Å². The highest BCUT2D eigenvalue weighted by Crippen LogP contribution is 2.30. The number of anilines is 1. The number of rotatable bonds is 12. The first kappa shape index (κ1) is 23.8. The summed E-state index contributed by atoms with van der Waals surface area (Å²) in [4.78, 5) is 1.52. The molecule has 0 heterocycles. The van der Waals surface area contributed by atoms with Crippen molar-refractivity contribution in [1.29, 1.82) is 0 Å². The zero-order valence-electron chi connectivity index (χ0n) is 18.1. The van der Waals surface area contributed by atoms with E-state index in [1.54, 1.807) is 12.1 Å². The zero-order valence-corrected chi connectivity index (χ0v) is 18.1. The average Bonchev–Trinajstić information content (AvgIpc) is 2.73. The van der Waals surface area contributed by atoms with Gasteiger partial charge in [0, 0.05) is 0 Å². The molecule has 0 bridgehead atoms. The molecule has 0 aromatic heterocycles. The summed E-state index contributed by atoms with van der Waals surface area (Å²) < 4.78 is 48.1. The maximum absolute atomic E-state index is 14.6. The zero-order chi connectivity index (χ0) is 22.1. The molecule has 0 aliphatic carbocycles. The Morgan fingerprint density at radius 1 is 0.967 bits per heavy atom. The van der Waals surface area contributed by atoms with Crippen molar-refractivity contribution in [1.82, 2.24) is 0 Å². The van der Waals surface area contributed by atoms with Crippen LogP contribution in [0.2, 0.25) is 0 Å². The third-order valence-electron chi connectivity index (χ3n) is 5.31. The third kappa shape index (κ3) is 6.28. The van der Waals surface area contributed by atoms with Crippen LogP contribution in [0.15, 0.2) is 54.9 Å². The van der Waals surface area contributed by atoms with Crippen LogP contribution in [0.1, 0.15) is 58.4 Å². The van der Waals surface area contributed by atoms with Crippen LogP contribution < -0.4 is 4.90 Å². The fourth-order valence-electron chi connectivity index (χ4n) is 3.79. The van der Waals surface area contributed by atoms with E-state index in [4.69, 9.17) is 4.74 Å². The minimum atomic E-state index is -0.962. The predicted octanol–water partition coefficient (Wildman–Crippen LogP) is 7.59. The molecule has 0 aliphatic rings. The van der Waals surface area contributed by atoms with Crippen molar-refractivity contribution in [2.24, 2.45) is 5.92 Å². The second-order valence-electron chi connectivity index (χ2n) is 7.58. The van der Waals surface area contributed by atoms with Gasteiger partial charge < -0.3 is 9.64 Å². The first-order valence-electron chi connectivity index (χ1n) is 10.7. The molecule has 0 amide bonds. The fourth-order valence-corrected chi connectivity index (χ4v) is 3.79. The van der Waals surface area contributed by atoms with Crippen molar-refractivity contribution in [3.05, 3.63) is 77.9 Å². The topological polar surface area (TPSA) is 12.5 Å². The summed E-state index contributed by atoms with van der Waals surface area (Å²) in [6.07, 6.45) is 4.89. The lowest BCUT2D eigenvalue weighted by Crippen LogP contribution is -2.30. The molecular weight excluding hydrogens is 387 g/mol. The molecule has 0 N–H and O–H groups in total. The van der Waals surface area contributed by atoms with Gasteiger partial charge in [-0.3, -0.25) is 0 Å². The van der Waals surface area contributed by atoms with Crippen LogP contribution in [0, 0.1) is 23.4 Å². The Labute approximate surface area is 178 Å². The number of hydrogen-bond donors (Lipinski definition) is 0. The molecule has 0 fully saturated rings. The second kappa shape index (κ2) is 11.7. The Hall–Kier alpha value is -2.43. The summed E-state index contributed by atoms with van der Waals surface area (Å²) in [6, 6.07) is 9.92. The number of halogens is 3. The number of ether oxygens (including phenoxy) is 1. The maximum atomic E-state index is 14.6. The summed E-state index contributed by atoms with van der Waals surface area (Å²) in [5.74, 6) is -1.63. The lowest BCUT2D eigenvalue weighted by atomic mass is 9.91. The smallest absolute Gasteiger partial charge is 0.187 e. The molecule has 1 atom stereocenters. The largest absolute Gasteiger partial charge is 0.476 e. The van der Waals surface area contributed by atoms with Crippen molar-refractivity contribution < 1.29 is 17.9 Å². The van der Waals surface area contributed by atoms with Crippen molar-refractivity contribution in [2.45, 2.75) is 65.5 Å². The first-order chi connectivity index (χ1) is 14.4. The molecule has 0 saturated heterocycles. The van der Waals surface area contributed by atoms with Gasteiger partial charge in [-0.25, -0.2) is 13.2 Å². The first-order valence-corrected chi connectivity index (χ1v) is 10.7. The minimum Gasteiger partial charge on any atom is -0.476 e. The Bertz CT molecular complexity index is 801. The number of nitrogens with zero attached hydrogens (tertiary/aromatic N) is 1. The normalized spacial score (nSPS) is 12.1. The van der Waals surface area contributed by atoms with Crippen LogP contribution in [-0.4, -0.2) is 6.10 Å². The molecule has 2 nitrogen and oxygen atoms in total. The minimum absolute atomic E-state index is 0.0433. The van der Waals surface area contributed by atoms with Crippen LogP contribution in [0.3, 0.4) is 0 Å². The summed E-state index contributed by atoms with van der Waals surface area (Å²) in [5, 5.41) is 0. The van der Waals surface area contributed by atoms with Gasteiger partial charge in [0.2, 0.25) is 0 Å². The summed E-state index contributed by atoms with van der Waals surface area (Å²) in [7, 11) is 0. The molecule has 2 aromatic rings. The van der Waals surface area contributed by atoms with E-state index in [-0.39, 0.29) is 30.0 Å². The standard InChI is InChI=1S/C25H32F3NO/c1-5-9-20(10-6-2)24(7-3)30-18(4)29(17-19-13-15-21(26)16-14-19)23-12-8-11-22(27)25(23)28/h8,11-16,20,24H,4-7,9-10,17H2,1-3H3/t24-/m0/s1. The Morgan fingerprint density at radius 2 is 1.60 bits per heavy atom. The van der Waals surface area contributed by atoms with Gasteiger partial charge in [0.05, 0.1) is 12.2 Å². The molecule has 5 heteroatoms. The molecule has 2 rings (SSSR count). The molecule has 0 spiro atoms. The van der Waals surface area contributed by atoms with E-state index in [2.05, 4.69) is 27.4 Å².